The van der Waals surface area contributed by atoms with E-state index < -0.39 is 10.0 Å². The topological polar surface area (TPSA) is 96.6 Å². The average molecular weight is 441 g/mol. The third-order valence-electron chi connectivity index (χ3n) is 4.87. The van der Waals surface area contributed by atoms with Crippen molar-refractivity contribution >= 4 is 27.5 Å². The van der Waals surface area contributed by atoms with Crippen LogP contribution in [0.2, 0.25) is 5.15 Å². The first-order valence-electron chi connectivity index (χ1n) is 9.71. The highest BCUT2D eigenvalue weighted by Gasteiger charge is 2.26. The van der Waals surface area contributed by atoms with Crippen LogP contribution >= 0.6 is 11.6 Å². The lowest BCUT2D eigenvalue weighted by atomic mass is 10.2. The number of aromatic nitrogens is 2. The van der Waals surface area contributed by atoms with Gasteiger partial charge >= 0.3 is 0 Å². The fraction of sp³-hybridized carbons (Fsp3) is 0.526. The maximum absolute atomic E-state index is 12.8. The first-order valence-corrected chi connectivity index (χ1v) is 11.7. The molecule has 158 valence electrons. The molecule has 1 aliphatic heterocycles. The van der Waals surface area contributed by atoms with Gasteiger partial charge in [0.15, 0.2) is 5.15 Å². The van der Waals surface area contributed by atoms with Crippen LogP contribution in [0.15, 0.2) is 35.0 Å². The van der Waals surface area contributed by atoms with Gasteiger partial charge in [0, 0.05) is 44.7 Å². The van der Waals surface area contributed by atoms with Crippen molar-refractivity contribution in [3.8, 4) is 0 Å². The minimum atomic E-state index is -3.39. The largest absolute Gasteiger partial charge is 0.360 e. The van der Waals surface area contributed by atoms with Crippen LogP contribution in [0.4, 0.5) is 0 Å². The van der Waals surface area contributed by atoms with Gasteiger partial charge in [-0.15, -0.1) is 0 Å². The van der Waals surface area contributed by atoms with Crippen LogP contribution in [-0.4, -0.2) is 59.1 Å². The highest BCUT2D eigenvalue weighted by atomic mass is 35.5. The van der Waals surface area contributed by atoms with Gasteiger partial charge in [-0.05, 0) is 25.0 Å². The summed E-state index contributed by atoms with van der Waals surface area (Å²) >= 11 is 5.74. The summed E-state index contributed by atoms with van der Waals surface area (Å²) in [5, 5.41) is 3.84. The van der Waals surface area contributed by atoms with Crippen LogP contribution < -0.4 is 0 Å². The molecule has 1 fully saturated rings. The highest BCUT2D eigenvalue weighted by molar-refractivity contribution is 7.89. The molecule has 0 bridgehead atoms. The van der Waals surface area contributed by atoms with Gasteiger partial charge in [0.1, 0.15) is 5.76 Å². The summed E-state index contributed by atoms with van der Waals surface area (Å²) in [5.74, 6) is 0.249. The van der Waals surface area contributed by atoms with Crippen molar-refractivity contribution in [3.63, 3.8) is 0 Å². The number of nitrogens with zero attached hydrogens (tertiary/aromatic N) is 4. The van der Waals surface area contributed by atoms with Gasteiger partial charge < -0.3 is 9.42 Å². The Morgan fingerprint density at radius 3 is 2.69 bits per heavy atom. The summed E-state index contributed by atoms with van der Waals surface area (Å²) in [6.07, 6.45) is 4.99. The lowest BCUT2D eigenvalue weighted by Crippen LogP contribution is -2.41. The van der Waals surface area contributed by atoms with E-state index in [2.05, 4.69) is 10.1 Å². The van der Waals surface area contributed by atoms with Gasteiger partial charge in [-0.25, -0.2) is 12.7 Å². The molecule has 1 saturated heterocycles. The number of amides is 1. The third-order valence-corrected chi connectivity index (χ3v) is 6.90. The Bertz CT molecular complexity index is 898. The zero-order valence-corrected chi connectivity index (χ0v) is 17.7. The maximum Gasteiger partial charge on any atom is 0.223 e. The zero-order chi connectivity index (χ0) is 20.7. The first-order chi connectivity index (χ1) is 13.9. The van der Waals surface area contributed by atoms with E-state index in [1.165, 1.54) is 4.31 Å². The molecular weight excluding hydrogens is 416 g/mol. The van der Waals surface area contributed by atoms with Crippen molar-refractivity contribution in [2.24, 2.45) is 0 Å². The molecule has 0 saturated carbocycles. The molecule has 10 heteroatoms. The van der Waals surface area contributed by atoms with Crippen molar-refractivity contribution in [2.45, 2.75) is 38.6 Å². The molecule has 1 amide bonds. The predicted molar refractivity (Wildman–Crippen MR) is 109 cm³/mol. The van der Waals surface area contributed by atoms with E-state index in [0.29, 0.717) is 31.0 Å². The van der Waals surface area contributed by atoms with Crippen molar-refractivity contribution in [2.75, 3.05) is 25.4 Å². The van der Waals surface area contributed by atoms with E-state index in [9.17, 15) is 13.2 Å². The predicted octanol–water partition coefficient (Wildman–Crippen LogP) is 2.50. The van der Waals surface area contributed by atoms with E-state index in [0.717, 1.165) is 19.3 Å². The molecule has 2 aromatic rings. The van der Waals surface area contributed by atoms with Gasteiger partial charge in [-0.2, -0.15) is 0 Å². The minimum Gasteiger partial charge on any atom is -0.360 e. The Labute approximate surface area is 175 Å². The van der Waals surface area contributed by atoms with Crippen molar-refractivity contribution in [1.29, 1.82) is 0 Å². The minimum absolute atomic E-state index is 0.0975. The lowest BCUT2D eigenvalue weighted by molar-refractivity contribution is -0.131. The van der Waals surface area contributed by atoms with E-state index >= 15 is 0 Å². The van der Waals surface area contributed by atoms with Gasteiger partial charge in [0.25, 0.3) is 0 Å². The standard InChI is InChI=1S/C19H25ClN4O4S/c20-18-14-17(28-22-18)7-8-19(25)23(15-16-6-2-3-9-21-16)12-13-29(26,27)24-10-4-1-5-11-24/h2-3,6,9,14H,1,4-5,7-8,10-13,15H2. The Morgan fingerprint density at radius 1 is 1.24 bits per heavy atom. The zero-order valence-electron chi connectivity index (χ0n) is 16.2. The van der Waals surface area contributed by atoms with Crippen LogP contribution in [0.1, 0.15) is 37.1 Å². The molecule has 2 aromatic heterocycles. The number of piperidine rings is 1. The molecule has 0 unspecified atom stereocenters. The maximum atomic E-state index is 12.8. The summed E-state index contributed by atoms with van der Waals surface area (Å²) < 4.78 is 31.9. The average Bonchev–Trinajstić information content (AvgIpc) is 3.16. The fourth-order valence-corrected chi connectivity index (χ4v) is 4.95. The first kappa shape index (κ1) is 21.7. The van der Waals surface area contributed by atoms with Crippen LogP contribution in [-0.2, 0) is 27.8 Å². The van der Waals surface area contributed by atoms with Crippen molar-refractivity contribution in [3.05, 3.63) is 47.1 Å². The Kier molecular flexibility index (Phi) is 7.63. The van der Waals surface area contributed by atoms with E-state index in [-0.39, 0.29) is 36.3 Å². The van der Waals surface area contributed by atoms with Crippen LogP contribution in [0, 0.1) is 0 Å². The van der Waals surface area contributed by atoms with E-state index in [1.54, 1.807) is 23.2 Å². The summed E-state index contributed by atoms with van der Waals surface area (Å²) in [5.41, 5.74) is 0.707. The number of sulfonamides is 1. The summed E-state index contributed by atoms with van der Waals surface area (Å²) in [6.45, 7) is 1.49. The quantitative estimate of drug-likeness (QED) is 0.594. The molecule has 29 heavy (non-hydrogen) atoms. The van der Waals surface area contributed by atoms with Gasteiger partial charge in [-0.1, -0.05) is 29.2 Å². The van der Waals surface area contributed by atoms with E-state index in [4.69, 9.17) is 16.1 Å². The summed E-state index contributed by atoms with van der Waals surface area (Å²) in [7, 11) is -3.39. The van der Waals surface area contributed by atoms with Gasteiger partial charge in [0.2, 0.25) is 15.9 Å². The molecule has 0 atom stereocenters. The van der Waals surface area contributed by atoms with Crippen LogP contribution in [0.3, 0.4) is 0 Å². The molecule has 0 aliphatic carbocycles. The molecule has 0 spiro atoms. The molecule has 3 rings (SSSR count). The second-order valence-electron chi connectivity index (χ2n) is 7.03. The number of carbonyl (C=O) groups is 1. The van der Waals surface area contributed by atoms with Crippen LogP contribution in [0.5, 0.6) is 0 Å². The number of carbonyl (C=O) groups excluding carboxylic acids is 1. The molecule has 1 aliphatic rings. The second kappa shape index (κ2) is 10.2. The third kappa shape index (κ3) is 6.52. The molecule has 0 aromatic carbocycles. The Morgan fingerprint density at radius 2 is 2.03 bits per heavy atom. The smallest absolute Gasteiger partial charge is 0.223 e. The molecule has 0 radical (unpaired) electrons. The number of halogens is 1. The fourth-order valence-electron chi connectivity index (χ4n) is 3.27. The lowest BCUT2D eigenvalue weighted by Gasteiger charge is -2.28. The molecular formula is C19H25ClN4O4S. The van der Waals surface area contributed by atoms with Gasteiger partial charge in [0.05, 0.1) is 18.0 Å². The molecule has 8 nitrogen and oxygen atoms in total. The molecule has 3 heterocycles. The van der Waals surface area contributed by atoms with Crippen molar-refractivity contribution in [1.82, 2.24) is 19.3 Å². The Balaban J connectivity index is 1.64. The Hall–Kier alpha value is -1.97. The summed E-state index contributed by atoms with van der Waals surface area (Å²) in [6, 6.07) is 7.02. The van der Waals surface area contributed by atoms with Crippen LogP contribution in [0.25, 0.3) is 0 Å². The molecule has 0 N–H and O–H groups in total. The second-order valence-corrected chi connectivity index (χ2v) is 9.50. The number of rotatable bonds is 9. The normalized spacial score (nSPS) is 15.3. The SMILES string of the molecule is O=C(CCc1cc(Cl)no1)N(CCS(=O)(=O)N1CCCCC1)Cc1ccccn1. The van der Waals surface area contributed by atoms with Gasteiger partial charge in [-0.3, -0.25) is 9.78 Å². The number of hydrogen-bond acceptors (Lipinski definition) is 6. The van der Waals surface area contributed by atoms with E-state index in [1.807, 2.05) is 12.1 Å². The number of pyridine rings is 1. The number of hydrogen-bond donors (Lipinski definition) is 0. The van der Waals surface area contributed by atoms with Crippen molar-refractivity contribution < 1.29 is 17.7 Å². The highest BCUT2D eigenvalue weighted by Crippen LogP contribution is 2.15. The summed E-state index contributed by atoms with van der Waals surface area (Å²) in [4.78, 5) is 18.6. The monoisotopic (exact) mass is 440 g/mol. The number of aryl methyl sites for hydroxylation is 1.